The number of ketones is 1. The molecule has 14 heavy (non-hydrogen) atoms. The minimum Gasteiger partial charge on any atom is -0.298 e. The molecule has 2 aliphatic carbocycles. The standard InChI is InChI=1S/C13H16O/c1-3-10-9-12(14)13(2)8-6-4-5-7-11(10)13/h4-8,10H,3,9H2,1-2H3/t10-,13?/m1/s1. The van der Waals surface area contributed by atoms with E-state index in [-0.39, 0.29) is 5.41 Å². The van der Waals surface area contributed by atoms with Crippen LogP contribution in [0, 0.1) is 11.3 Å². The molecule has 0 aromatic carbocycles. The zero-order chi connectivity index (χ0) is 10.2. The van der Waals surface area contributed by atoms with Gasteiger partial charge >= 0.3 is 0 Å². The Balaban J connectivity index is 2.48. The highest BCUT2D eigenvalue weighted by Gasteiger charge is 2.44. The van der Waals surface area contributed by atoms with Crippen LogP contribution in [0.15, 0.2) is 36.0 Å². The second-order valence-corrected chi connectivity index (χ2v) is 4.30. The van der Waals surface area contributed by atoms with Gasteiger partial charge < -0.3 is 0 Å². The van der Waals surface area contributed by atoms with Gasteiger partial charge in [0, 0.05) is 6.42 Å². The highest BCUT2D eigenvalue weighted by atomic mass is 16.1. The van der Waals surface area contributed by atoms with E-state index in [4.69, 9.17) is 0 Å². The van der Waals surface area contributed by atoms with Crippen molar-refractivity contribution in [3.63, 3.8) is 0 Å². The number of fused-ring (bicyclic) bond motifs is 1. The largest absolute Gasteiger partial charge is 0.298 e. The molecule has 2 aliphatic rings. The molecular weight excluding hydrogens is 172 g/mol. The number of Topliss-reactive ketones (excluding diaryl/α,β-unsaturated/α-hetero) is 1. The van der Waals surface area contributed by atoms with Crippen LogP contribution >= 0.6 is 0 Å². The topological polar surface area (TPSA) is 17.1 Å². The maximum Gasteiger partial charge on any atom is 0.147 e. The van der Waals surface area contributed by atoms with Crippen LogP contribution in [0.4, 0.5) is 0 Å². The lowest BCUT2D eigenvalue weighted by Gasteiger charge is -2.21. The van der Waals surface area contributed by atoms with Crippen LogP contribution in [0.25, 0.3) is 0 Å². The molecule has 0 aromatic rings. The van der Waals surface area contributed by atoms with Gasteiger partial charge in [-0.25, -0.2) is 0 Å². The van der Waals surface area contributed by atoms with Crippen LogP contribution in [-0.2, 0) is 4.79 Å². The highest BCUT2D eigenvalue weighted by molar-refractivity contribution is 5.93. The van der Waals surface area contributed by atoms with Crippen molar-refractivity contribution in [1.82, 2.24) is 0 Å². The summed E-state index contributed by atoms with van der Waals surface area (Å²) in [4.78, 5) is 11.9. The Hall–Kier alpha value is -1.11. The minimum absolute atomic E-state index is 0.315. The molecule has 0 aromatic heterocycles. The fourth-order valence-electron chi connectivity index (χ4n) is 2.46. The molecule has 0 heterocycles. The molecule has 1 nitrogen and oxygen atoms in total. The summed E-state index contributed by atoms with van der Waals surface area (Å²) in [7, 11) is 0. The molecule has 0 radical (unpaired) electrons. The first-order valence-corrected chi connectivity index (χ1v) is 5.28. The third kappa shape index (κ3) is 1.19. The van der Waals surface area contributed by atoms with Gasteiger partial charge in [0.05, 0.1) is 5.41 Å². The lowest BCUT2D eigenvalue weighted by molar-refractivity contribution is -0.122. The van der Waals surface area contributed by atoms with Crippen molar-refractivity contribution in [2.45, 2.75) is 26.7 Å². The van der Waals surface area contributed by atoms with Crippen molar-refractivity contribution < 1.29 is 4.79 Å². The van der Waals surface area contributed by atoms with E-state index in [9.17, 15) is 4.79 Å². The minimum atomic E-state index is -0.315. The molecule has 1 saturated carbocycles. The Labute approximate surface area is 85.2 Å². The molecule has 0 saturated heterocycles. The number of rotatable bonds is 1. The van der Waals surface area contributed by atoms with Gasteiger partial charge in [-0.2, -0.15) is 0 Å². The molecule has 0 aliphatic heterocycles. The molecule has 0 spiro atoms. The Morgan fingerprint density at radius 2 is 2.21 bits per heavy atom. The summed E-state index contributed by atoms with van der Waals surface area (Å²) >= 11 is 0. The average molecular weight is 188 g/mol. The number of hydrogen-bond donors (Lipinski definition) is 0. The summed E-state index contributed by atoms with van der Waals surface area (Å²) < 4.78 is 0. The fourth-order valence-corrected chi connectivity index (χ4v) is 2.46. The fraction of sp³-hybridized carbons (Fsp3) is 0.462. The van der Waals surface area contributed by atoms with Gasteiger partial charge in [-0.05, 0) is 24.8 Å². The molecule has 1 fully saturated rings. The van der Waals surface area contributed by atoms with E-state index in [1.165, 1.54) is 5.57 Å². The van der Waals surface area contributed by atoms with Gasteiger partial charge in [0.25, 0.3) is 0 Å². The van der Waals surface area contributed by atoms with E-state index >= 15 is 0 Å². The van der Waals surface area contributed by atoms with Gasteiger partial charge in [0.1, 0.15) is 5.78 Å². The van der Waals surface area contributed by atoms with Gasteiger partial charge in [-0.3, -0.25) is 4.79 Å². The van der Waals surface area contributed by atoms with Gasteiger partial charge in [0.15, 0.2) is 0 Å². The van der Waals surface area contributed by atoms with Crippen molar-refractivity contribution in [2.75, 3.05) is 0 Å². The van der Waals surface area contributed by atoms with Crippen LogP contribution < -0.4 is 0 Å². The van der Waals surface area contributed by atoms with E-state index < -0.39 is 0 Å². The van der Waals surface area contributed by atoms with Crippen LogP contribution in [0.5, 0.6) is 0 Å². The summed E-state index contributed by atoms with van der Waals surface area (Å²) in [6.07, 6.45) is 12.0. The van der Waals surface area contributed by atoms with E-state index in [0.29, 0.717) is 11.7 Å². The monoisotopic (exact) mass is 188 g/mol. The zero-order valence-corrected chi connectivity index (χ0v) is 8.79. The van der Waals surface area contributed by atoms with E-state index in [1.807, 2.05) is 31.2 Å². The van der Waals surface area contributed by atoms with E-state index in [1.54, 1.807) is 0 Å². The first-order chi connectivity index (χ1) is 6.68. The Morgan fingerprint density at radius 3 is 2.93 bits per heavy atom. The summed E-state index contributed by atoms with van der Waals surface area (Å²) in [5, 5.41) is 0. The van der Waals surface area contributed by atoms with Crippen molar-refractivity contribution >= 4 is 5.78 Å². The maximum atomic E-state index is 11.9. The summed E-state index contributed by atoms with van der Waals surface area (Å²) in [5.74, 6) is 0.829. The Morgan fingerprint density at radius 1 is 1.43 bits per heavy atom. The van der Waals surface area contributed by atoms with Crippen molar-refractivity contribution in [3.8, 4) is 0 Å². The van der Waals surface area contributed by atoms with E-state index in [2.05, 4.69) is 13.0 Å². The number of hydrogen-bond acceptors (Lipinski definition) is 1. The van der Waals surface area contributed by atoms with Gasteiger partial charge in [-0.15, -0.1) is 0 Å². The molecule has 2 rings (SSSR count). The molecule has 1 heteroatoms. The summed E-state index contributed by atoms with van der Waals surface area (Å²) in [6, 6.07) is 0. The van der Waals surface area contributed by atoms with Crippen molar-refractivity contribution in [3.05, 3.63) is 36.0 Å². The molecular formula is C13H16O. The number of allylic oxidation sites excluding steroid dienone is 6. The second-order valence-electron chi connectivity index (χ2n) is 4.30. The van der Waals surface area contributed by atoms with Crippen molar-refractivity contribution in [2.24, 2.45) is 11.3 Å². The van der Waals surface area contributed by atoms with Crippen LogP contribution in [-0.4, -0.2) is 5.78 Å². The maximum absolute atomic E-state index is 11.9. The molecule has 0 bridgehead atoms. The first kappa shape index (κ1) is 9.45. The number of carbonyl (C=O) groups excluding carboxylic acids is 1. The van der Waals surface area contributed by atoms with Crippen LogP contribution in [0.2, 0.25) is 0 Å². The SMILES string of the molecule is CC[C@@H]1CC(=O)C2(C)C=CC=CC=C12. The average Bonchev–Trinajstić information content (AvgIpc) is 2.36. The molecule has 0 N–H and O–H groups in total. The van der Waals surface area contributed by atoms with Crippen molar-refractivity contribution in [1.29, 1.82) is 0 Å². The molecule has 74 valence electrons. The highest BCUT2D eigenvalue weighted by Crippen LogP contribution is 2.46. The Bertz CT molecular complexity index is 346. The summed E-state index contributed by atoms with van der Waals surface area (Å²) in [6.45, 7) is 4.20. The number of carbonyl (C=O) groups is 1. The second kappa shape index (κ2) is 3.23. The van der Waals surface area contributed by atoms with Crippen LogP contribution in [0.3, 0.4) is 0 Å². The lowest BCUT2D eigenvalue weighted by atomic mass is 9.81. The predicted octanol–water partition coefficient (Wildman–Crippen LogP) is 3.04. The quantitative estimate of drug-likeness (QED) is 0.618. The van der Waals surface area contributed by atoms with Gasteiger partial charge in [-0.1, -0.05) is 37.3 Å². The van der Waals surface area contributed by atoms with E-state index in [0.717, 1.165) is 12.8 Å². The van der Waals surface area contributed by atoms with Gasteiger partial charge in [0.2, 0.25) is 0 Å². The normalized spacial score (nSPS) is 35.4. The third-order valence-electron chi connectivity index (χ3n) is 3.47. The molecule has 2 atom stereocenters. The van der Waals surface area contributed by atoms with Crippen LogP contribution in [0.1, 0.15) is 26.7 Å². The predicted molar refractivity (Wildman–Crippen MR) is 57.9 cm³/mol. The molecule has 1 unspecified atom stereocenters. The third-order valence-corrected chi connectivity index (χ3v) is 3.47. The first-order valence-electron chi connectivity index (χ1n) is 5.28. The molecule has 0 amide bonds. The lowest BCUT2D eigenvalue weighted by Crippen LogP contribution is -2.20. The smallest absolute Gasteiger partial charge is 0.147 e. The zero-order valence-electron chi connectivity index (χ0n) is 8.79. The summed E-state index contributed by atoms with van der Waals surface area (Å²) in [5.41, 5.74) is 0.986. The Kier molecular flexibility index (Phi) is 2.18.